The lowest BCUT2D eigenvalue weighted by molar-refractivity contribution is -0.144. The van der Waals surface area contributed by atoms with E-state index in [9.17, 15) is 9.59 Å². The van der Waals surface area contributed by atoms with Crippen LogP contribution in [0, 0.1) is 0 Å². The van der Waals surface area contributed by atoms with Gasteiger partial charge in [-0.1, -0.05) is 20.8 Å². The second kappa shape index (κ2) is 8.08. The Bertz CT molecular complexity index is 267. The lowest BCUT2D eigenvalue weighted by Gasteiger charge is -2.33. The van der Waals surface area contributed by atoms with Gasteiger partial charge in [-0.2, -0.15) is 0 Å². The zero-order chi connectivity index (χ0) is 14.2. The van der Waals surface area contributed by atoms with E-state index in [1.54, 1.807) is 0 Å². The Labute approximate surface area is 110 Å². The van der Waals surface area contributed by atoms with E-state index in [1.165, 1.54) is 14.0 Å². The van der Waals surface area contributed by atoms with Crippen LogP contribution in [-0.4, -0.2) is 37.1 Å². The van der Waals surface area contributed by atoms with Gasteiger partial charge in [0.25, 0.3) is 0 Å². The number of amides is 1. The molecule has 0 heterocycles. The Morgan fingerprint density at radius 1 is 1.17 bits per heavy atom. The third-order valence-corrected chi connectivity index (χ3v) is 3.57. The molecule has 2 N–H and O–H groups in total. The van der Waals surface area contributed by atoms with Crippen LogP contribution in [0.3, 0.4) is 0 Å². The molecule has 0 saturated carbocycles. The van der Waals surface area contributed by atoms with Gasteiger partial charge in [-0.15, -0.1) is 0 Å². The molecular formula is C13H26N2O3. The number of nitrogens with one attached hydrogen (secondary N) is 2. The molecular weight excluding hydrogens is 232 g/mol. The summed E-state index contributed by atoms with van der Waals surface area (Å²) in [6.45, 7) is 8.13. The SMILES string of the molecule is CCC(CC)(CC)NCC(NC(C)=O)C(=O)OC. The maximum Gasteiger partial charge on any atom is 0.329 e. The van der Waals surface area contributed by atoms with Crippen LogP contribution in [0.15, 0.2) is 0 Å². The van der Waals surface area contributed by atoms with E-state index < -0.39 is 12.0 Å². The maximum absolute atomic E-state index is 11.6. The molecule has 0 aliphatic carbocycles. The molecule has 0 fully saturated rings. The van der Waals surface area contributed by atoms with Gasteiger partial charge in [-0.25, -0.2) is 4.79 Å². The van der Waals surface area contributed by atoms with Gasteiger partial charge in [0, 0.05) is 19.0 Å². The number of rotatable bonds is 8. The van der Waals surface area contributed by atoms with Gasteiger partial charge >= 0.3 is 5.97 Å². The van der Waals surface area contributed by atoms with E-state index in [4.69, 9.17) is 0 Å². The monoisotopic (exact) mass is 258 g/mol. The number of ether oxygens (including phenoxy) is 1. The predicted molar refractivity (Wildman–Crippen MR) is 71.2 cm³/mol. The highest BCUT2D eigenvalue weighted by Crippen LogP contribution is 2.18. The maximum atomic E-state index is 11.6. The zero-order valence-electron chi connectivity index (χ0n) is 12.1. The van der Waals surface area contributed by atoms with Crippen LogP contribution in [0.4, 0.5) is 0 Å². The minimum absolute atomic E-state index is 0.0186. The standard InChI is InChI=1S/C13H26N2O3/c1-6-13(7-2,8-3)14-9-11(12(17)18-5)15-10(4)16/h11,14H,6-9H2,1-5H3,(H,15,16). The second-order valence-electron chi connectivity index (χ2n) is 4.50. The van der Waals surface area contributed by atoms with Gasteiger partial charge in [0.2, 0.25) is 5.91 Å². The van der Waals surface area contributed by atoms with Crippen molar-refractivity contribution in [2.75, 3.05) is 13.7 Å². The molecule has 0 saturated heterocycles. The molecule has 0 aromatic heterocycles. The van der Waals surface area contributed by atoms with E-state index in [-0.39, 0.29) is 11.4 Å². The Hall–Kier alpha value is -1.10. The number of carbonyl (C=O) groups is 2. The summed E-state index contributed by atoms with van der Waals surface area (Å²) in [5, 5.41) is 5.99. The van der Waals surface area contributed by atoms with Crippen molar-refractivity contribution in [2.24, 2.45) is 0 Å². The van der Waals surface area contributed by atoms with Crippen LogP contribution in [0.5, 0.6) is 0 Å². The lowest BCUT2D eigenvalue weighted by Crippen LogP contribution is -2.53. The molecule has 0 aliphatic heterocycles. The molecule has 18 heavy (non-hydrogen) atoms. The summed E-state index contributed by atoms with van der Waals surface area (Å²) >= 11 is 0. The fourth-order valence-electron chi connectivity index (χ4n) is 2.02. The number of methoxy groups -OCH3 is 1. The second-order valence-corrected chi connectivity index (χ2v) is 4.50. The van der Waals surface area contributed by atoms with Gasteiger partial charge in [-0.05, 0) is 19.3 Å². The molecule has 0 radical (unpaired) electrons. The highest BCUT2D eigenvalue weighted by Gasteiger charge is 2.27. The van der Waals surface area contributed by atoms with E-state index in [0.717, 1.165) is 19.3 Å². The minimum Gasteiger partial charge on any atom is -0.467 e. The highest BCUT2D eigenvalue weighted by molar-refractivity contribution is 5.83. The summed E-state index contributed by atoms with van der Waals surface area (Å²) in [5.74, 6) is -0.655. The molecule has 106 valence electrons. The summed E-state index contributed by atoms with van der Waals surface area (Å²) in [4.78, 5) is 22.6. The molecule has 0 rings (SSSR count). The van der Waals surface area contributed by atoms with Crippen LogP contribution in [0.1, 0.15) is 47.0 Å². The first-order chi connectivity index (χ1) is 8.44. The molecule has 0 aliphatic rings. The Morgan fingerprint density at radius 3 is 2.00 bits per heavy atom. The average Bonchev–Trinajstić information content (AvgIpc) is 2.38. The van der Waals surface area contributed by atoms with Crippen molar-refractivity contribution in [2.45, 2.75) is 58.5 Å². The van der Waals surface area contributed by atoms with Crippen molar-refractivity contribution in [3.05, 3.63) is 0 Å². The first-order valence-corrected chi connectivity index (χ1v) is 6.54. The van der Waals surface area contributed by atoms with Gasteiger partial charge < -0.3 is 15.4 Å². The molecule has 1 unspecified atom stereocenters. The highest BCUT2D eigenvalue weighted by atomic mass is 16.5. The first-order valence-electron chi connectivity index (χ1n) is 6.54. The fourth-order valence-corrected chi connectivity index (χ4v) is 2.02. The van der Waals surface area contributed by atoms with Crippen LogP contribution >= 0.6 is 0 Å². The van der Waals surface area contributed by atoms with Gasteiger partial charge in [0.1, 0.15) is 6.04 Å². The predicted octanol–water partition coefficient (Wildman–Crippen LogP) is 1.22. The Kier molecular flexibility index (Phi) is 7.59. The van der Waals surface area contributed by atoms with Crippen LogP contribution in [0.2, 0.25) is 0 Å². The third kappa shape index (κ3) is 5.04. The number of hydrogen-bond acceptors (Lipinski definition) is 4. The minimum atomic E-state index is -0.628. The van der Waals surface area contributed by atoms with Crippen LogP contribution in [-0.2, 0) is 14.3 Å². The van der Waals surface area contributed by atoms with Crippen molar-refractivity contribution in [3.8, 4) is 0 Å². The molecule has 0 aromatic carbocycles. The fraction of sp³-hybridized carbons (Fsp3) is 0.846. The molecule has 1 amide bonds. The van der Waals surface area contributed by atoms with Crippen LogP contribution in [0.25, 0.3) is 0 Å². The summed E-state index contributed by atoms with van der Waals surface area (Å²) in [6, 6.07) is -0.628. The van der Waals surface area contributed by atoms with Crippen molar-refractivity contribution in [3.63, 3.8) is 0 Å². The molecule has 1 atom stereocenters. The van der Waals surface area contributed by atoms with E-state index in [0.29, 0.717) is 6.54 Å². The smallest absolute Gasteiger partial charge is 0.329 e. The summed E-state index contributed by atoms with van der Waals surface area (Å²) in [6.07, 6.45) is 2.94. The summed E-state index contributed by atoms with van der Waals surface area (Å²) < 4.78 is 4.69. The van der Waals surface area contributed by atoms with Gasteiger partial charge in [-0.3, -0.25) is 4.79 Å². The average molecular weight is 258 g/mol. The van der Waals surface area contributed by atoms with E-state index in [2.05, 4.69) is 36.1 Å². The Morgan fingerprint density at radius 2 is 1.67 bits per heavy atom. The summed E-state index contributed by atoms with van der Waals surface area (Å²) in [5.41, 5.74) is 0.0186. The Balaban J connectivity index is 4.58. The number of hydrogen-bond donors (Lipinski definition) is 2. The normalized spacial score (nSPS) is 12.9. The molecule has 5 nitrogen and oxygen atoms in total. The number of carbonyl (C=O) groups excluding carboxylic acids is 2. The third-order valence-electron chi connectivity index (χ3n) is 3.57. The van der Waals surface area contributed by atoms with E-state index in [1.807, 2.05) is 0 Å². The van der Waals surface area contributed by atoms with Gasteiger partial charge in [0.05, 0.1) is 7.11 Å². The number of esters is 1. The summed E-state index contributed by atoms with van der Waals surface area (Å²) in [7, 11) is 1.32. The first kappa shape index (κ1) is 16.9. The zero-order valence-corrected chi connectivity index (χ0v) is 12.1. The van der Waals surface area contributed by atoms with Crippen molar-refractivity contribution in [1.29, 1.82) is 0 Å². The molecule has 0 spiro atoms. The largest absolute Gasteiger partial charge is 0.467 e. The lowest BCUT2D eigenvalue weighted by atomic mass is 9.89. The topological polar surface area (TPSA) is 67.4 Å². The molecule has 0 bridgehead atoms. The molecule has 0 aromatic rings. The van der Waals surface area contributed by atoms with Crippen molar-refractivity contribution >= 4 is 11.9 Å². The van der Waals surface area contributed by atoms with Crippen molar-refractivity contribution < 1.29 is 14.3 Å². The van der Waals surface area contributed by atoms with E-state index >= 15 is 0 Å². The molecule has 5 heteroatoms. The van der Waals surface area contributed by atoms with Crippen molar-refractivity contribution in [1.82, 2.24) is 10.6 Å². The van der Waals surface area contributed by atoms with Crippen LogP contribution < -0.4 is 10.6 Å². The quantitative estimate of drug-likeness (QED) is 0.642. The van der Waals surface area contributed by atoms with Gasteiger partial charge in [0.15, 0.2) is 0 Å².